The fourth-order valence-corrected chi connectivity index (χ4v) is 5.32. The van der Waals surface area contributed by atoms with Crippen LogP contribution in [0.5, 0.6) is 0 Å². The number of hydrogen-bond donors (Lipinski definition) is 2. The number of nitrogens with one attached hydrogen (secondary N) is 2. The molecular weight excluding hydrogens is 400 g/mol. The van der Waals surface area contributed by atoms with Gasteiger partial charge in [0.25, 0.3) is 5.91 Å². The van der Waals surface area contributed by atoms with Gasteiger partial charge in [-0.2, -0.15) is 0 Å². The molecule has 6 nitrogen and oxygen atoms in total. The van der Waals surface area contributed by atoms with Crippen molar-refractivity contribution >= 4 is 22.7 Å². The van der Waals surface area contributed by atoms with Gasteiger partial charge in [0.05, 0.1) is 0 Å². The monoisotopic (exact) mass is 438 g/mol. The minimum atomic E-state index is -0.00534. The van der Waals surface area contributed by atoms with Crippen LogP contribution in [0.3, 0.4) is 0 Å². The van der Waals surface area contributed by atoms with Crippen LogP contribution >= 0.6 is 0 Å². The van der Waals surface area contributed by atoms with Crippen LogP contribution in [0.25, 0.3) is 10.9 Å². The number of para-hydroxylation sites is 1. The van der Waals surface area contributed by atoms with Gasteiger partial charge in [-0.15, -0.1) is 0 Å². The maximum Gasteiger partial charge on any atom is 0.270 e. The van der Waals surface area contributed by atoms with Crippen molar-refractivity contribution in [3.05, 3.63) is 36.0 Å². The summed E-state index contributed by atoms with van der Waals surface area (Å²) in [5.41, 5.74) is 1.64. The summed E-state index contributed by atoms with van der Waals surface area (Å²) in [6.07, 6.45) is 6.72. The lowest BCUT2D eigenvalue weighted by Crippen LogP contribution is -2.43. The number of piperidine rings is 2. The van der Waals surface area contributed by atoms with Crippen molar-refractivity contribution in [3.63, 3.8) is 0 Å². The molecule has 174 valence electrons. The quantitative estimate of drug-likeness (QED) is 0.641. The van der Waals surface area contributed by atoms with E-state index in [4.69, 9.17) is 0 Å². The second kappa shape index (κ2) is 10.5. The maximum absolute atomic E-state index is 12.9. The highest BCUT2D eigenvalue weighted by Gasteiger charge is 2.30. The van der Waals surface area contributed by atoms with Crippen LogP contribution < -0.4 is 5.32 Å². The molecule has 4 rings (SSSR count). The zero-order chi connectivity index (χ0) is 22.5. The van der Waals surface area contributed by atoms with Gasteiger partial charge in [0.15, 0.2) is 0 Å². The number of amides is 2. The molecule has 2 fully saturated rings. The molecule has 1 aromatic carbocycles. The van der Waals surface area contributed by atoms with Gasteiger partial charge in [-0.25, -0.2) is 0 Å². The van der Waals surface area contributed by atoms with Gasteiger partial charge in [0.2, 0.25) is 5.91 Å². The number of H-pyrrole nitrogens is 1. The van der Waals surface area contributed by atoms with Crippen molar-refractivity contribution in [2.45, 2.75) is 58.4 Å². The molecule has 1 aromatic heterocycles. The molecule has 0 radical (unpaired) electrons. The van der Waals surface area contributed by atoms with Crippen LogP contribution in [0.1, 0.15) is 62.9 Å². The smallest absolute Gasteiger partial charge is 0.270 e. The maximum atomic E-state index is 12.9. The third-order valence-corrected chi connectivity index (χ3v) is 7.57. The zero-order valence-corrected chi connectivity index (χ0v) is 19.6. The third kappa shape index (κ3) is 5.34. The van der Waals surface area contributed by atoms with Gasteiger partial charge in [0.1, 0.15) is 5.69 Å². The summed E-state index contributed by atoms with van der Waals surface area (Å²) < 4.78 is 0. The standard InChI is InChI=1S/C26H38N4O2/c1-19-8-5-6-14-29(19)15-7-13-27-25(31)20(2)21-11-16-30(17-12-21)26(32)24-18-22-9-3-4-10-23(22)28-24/h3-4,9-10,18-21,28H,5-8,11-17H2,1-2H3,(H,27,31)/t19-,20-/m0/s1. The molecular formula is C26H38N4O2. The zero-order valence-electron chi connectivity index (χ0n) is 19.6. The summed E-state index contributed by atoms with van der Waals surface area (Å²) in [4.78, 5) is 33.3. The van der Waals surface area contributed by atoms with Crippen molar-refractivity contribution in [3.8, 4) is 0 Å². The third-order valence-electron chi connectivity index (χ3n) is 7.57. The largest absolute Gasteiger partial charge is 0.356 e. The molecule has 0 aliphatic carbocycles. The van der Waals surface area contributed by atoms with Crippen molar-refractivity contribution in [1.29, 1.82) is 0 Å². The molecule has 6 heteroatoms. The van der Waals surface area contributed by atoms with E-state index < -0.39 is 0 Å². The van der Waals surface area contributed by atoms with E-state index in [2.05, 4.69) is 22.1 Å². The summed E-state index contributed by atoms with van der Waals surface area (Å²) in [7, 11) is 0. The minimum absolute atomic E-state index is 0.00534. The van der Waals surface area contributed by atoms with Gasteiger partial charge in [-0.3, -0.25) is 9.59 Å². The summed E-state index contributed by atoms with van der Waals surface area (Å²) in [6.45, 7) is 8.80. The van der Waals surface area contributed by atoms with Crippen molar-refractivity contribution in [2.24, 2.45) is 11.8 Å². The van der Waals surface area contributed by atoms with Crippen LogP contribution in [0.15, 0.2) is 30.3 Å². The molecule has 0 bridgehead atoms. The molecule has 0 unspecified atom stereocenters. The summed E-state index contributed by atoms with van der Waals surface area (Å²) >= 11 is 0. The highest BCUT2D eigenvalue weighted by Crippen LogP contribution is 2.26. The highest BCUT2D eigenvalue weighted by atomic mass is 16.2. The molecule has 2 aliphatic heterocycles. The first-order valence-electron chi connectivity index (χ1n) is 12.4. The molecule has 3 heterocycles. The Labute approximate surface area is 191 Å². The van der Waals surface area contributed by atoms with Crippen LogP contribution in [0.4, 0.5) is 0 Å². The van der Waals surface area contributed by atoms with Crippen LogP contribution in [0, 0.1) is 11.8 Å². The lowest BCUT2D eigenvalue weighted by Gasteiger charge is -2.34. The first kappa shape index (κ1) is 22.8. The first-order chi connectivity index (χ1) is 15.5. The fourth-order valence-electron chi connectivity index (χ4n) is 5.32. The van der Waals surface area contributed by atoms with Crippen LogP contribution in [-0.4, -0.2) is 65.4 Å². The van der Waals surface area contributed by atoms with E-state index in [0.29, 0.717) is 30.7 Å². The number of nitrogens with zero attached hydrogens (tertiary/aromatic N) is 2. The van der Waals surface area contributed by atoms with Crippen molar-refractivity contribution < 1.29 is 9.59 Å². The number of carbonyl (C=O) groups excluding carboxylic acids is 2. The summed E-state index contributed by atoms with van der Waals surface area (Å²) in [6, 6.07) is 10.6. The van der Waals surface area contributed by atoms with Gasteiger partial charge >= 0.3 is 0 Å². The molecule has 32 heavy (non-hydrogen) atoms. The fraction of sp³-hybridized carbons (Fsp3) is 0.615. The van der Waals surface area contributed by atoms with E-state index in [-0.39, 0.29) is 17.7 Å². The lowest BCUT2D eigenvalue weighted by atomic mass is 9.84. The summed E-state index contributed by atoms with van der Waals surface area (Å²) in [5.74, 6) is 0.555. The molecule has 0 saturated carbocycles. The number of hydrogen-bond acceptors (Lipinski definition) is 3. The number of aromatic amines is 1. The average molecular weight is 439 g/mol. The molecule has 2 atom stereocenters. The molecule has 2 amide bonds. The highest BCUT2D eigenvalue weighted by molar-refractivity contribution is 5.98. The molecule has 2 aliphatic rings. The number of rotatable bonds is 7. The predicted molar refractivity (Wildman–Crippen MR) is 129 cm³/mol. The Kier molecular flexibility index (Phi) is 7.51. The Morgan fingerprint density at radius 1 is 1.12 bits per heavy atom. The number of fused-ring (bicyclic) bond motifs is 1. The van der Waals surface area contributed by atoms with E-state index in [0.717, 1.165) is 43.3 Å². The summed E-state index contributed by atoms with van der Waals surface area (Å²) in [5, 5.41) is 4.22. The molecule has 2 saturated heterocycles. The Morgan fingerprint density at radius 2 is 1.91 bits per heavy atom. The van der Waals surface area contributed by atoms with Gasteiger partial charge in [-0.1, -0.05) is 31.5 Å². The second-order valence-corrected chi connectivity index (χ2v) is 9.71. The van der Waals surface area contributed by atoms with E-state index in [1.54, 1.807) is 0 Å². The second-order valence-electron chi connectivity index (χ2n) is 9.71. The topological polar surface area (TPSA) is 68.4 Å². The van der Waals surface area contributed by atoms with E-state index in [1.807, 2.05) is 42.2 Å². The number of likely N-dealkylation sites (tertiary alicyclic amines) is 2. The Bertz CT molecular complexity index is 882. The van der Waals surface area contributed by atoms with Gasteiger partial charge < -0.3 is 20.1 Å². The number of carbonyl (C=O) groups is 2. The molecule has 2 N–H and O–H groups in total. The SMILES string of the molecule is C[C@H](C(=O)NCCCN1CCCC[C@@H]1C)C1CCN(C(=O)c2cc3ccccc3[nH]2)CC1. The van der Waals surface area contributed by atoms with Gasteiger partial charge in [-0.05, 0) is 63.6 Å². The Balaban J connectivity index is 1.19. The predicted octanol–water partition coefficient (Wildman–Crippen LogP) is 4.04. The first-order valence-corrected chi connectivity index (χ1v) is 12.4. The molecule has 2 aromatic rings. The minimum Gasteiger partial charge on any atom is -0.356 e. The molecule has 0 spiro atoms. The lowest BCUT2D eigenvalue weighted by molar-refractivity contribution is -0.126. The number of benzene rings is 1. The van der Waals surface area contributed by atoms with E-state index in [1.165, 1.54) is 25.8 Å². The number of aromatic nitrogens is 1. The van der Waals surface area contributed by atoms with E-state index in [9.17, 15) is 9.59 Å². The van der Waals surface area contributed by atoms with Crippen molar-refractivity contribution in [1.82, 2.24) is 20.1 Å². The van der Waals surface area contributed by atoms with Crippen LogP contribution in [0.2, 0.25) is 0 Å². The normalized spacial score (nSPS) is 21.6. The van der Waals surface area contributed by atoms with Gasteiger partial charge in [0, 0.05) is 49.0 Å². The Morgan fingerprint density at radius 3 is 2.66 bits per heavy atom. The Hall–Kier alpha value is -2.34. The van der Waals surface area contributed by atoms with Crippen molar-refractivity contribution in [2.75, 3.05) is 32.7 Å². The average Bonchev–Trinajstić information content (AvgIpc) is 3.26. The van der Waals surface area contributed by atoms with E-state index >= 15 is 0 Å². The van der Waals surface area contributed by atoms with Crippen LogP contribution in [-0.2, 0) is 4.79 Å².